The van der Waals surface area contributed by atoms with Crippen molar-refractivity contribution in [2.75, 3.05) is 5.75 Å². The number of ether oxygens (including phenoxy) is 1. The lowest BCUT2D eigenvalue weighted by Crippen LogP contribution is -2.47. The largest absolute Gasteiger partial charge is 0.478 e. The van der Waals surface area contributed by atoms with E-state index in [4.69, 9.17) is 4.74 Å². The zero-order valence-electron chi connectivity index (χ0n) is 14.5. The van der Waals surface area contributed by atoms with Crippen molar-refractivity contribution in [2.45, 2.75) is 24.3 Å². The molecule has 0 bridgehead atoms. The van der Waals surface area contributed by atoms with E-state index >= 15 is 0 Å². The van der Waals surface area contributed by atoms with Crippen LogP contribution >= 0.6 is 0 Å². The van der Waals surface area contributed by atoms with Gasteiger partial charge < -0.3 is 4.74 Å². The smallest absolute Gasteiger partial charge is 0.279 e. The van der Waals surface area contributed by atoms with E-state index in [1.165, 1.54) is 37.3 Å². The molecule has 2 rings (SSSR count). The molecular formula is C18H19FN2O5S. The van der Waals surface area contributed by atoms with Gasteiger partial charge in [0.05, 0.1) is 10.6 Å². The van der Waals surface area contributed by atoms with E-state index in [2.05, 4.69) is 10.9 Å². The minimum atomic E-state index is -3.60. The number of rotatable bonds is 7. The Kier molecular flexibility index (Phi) is 6.89. The number of halogens is 1. The summed E-state index contributed by atoms with van der Waals surface area (Å²) in [6, 6.07) is 13.3. The molecule has 27 heavy (non-hydrogen) atoms. The fourth-order valence-corrected chi connectivity index (χ4v) is 3.31. The third-order valence-electron chi connectivity index (χ3n) is 3.53. The minimum absolute atomic E-state index is 0.0968. The molecule has 2 aromatic carbocycles. The second kappa shape index (κ2) is 9.13. The van der Waals surface area contributed by atoms with Crippen LogP contribution in [0.5, 0.6) is 5.75 Å². The summed E-state index contributed by atoms with van der Waals surface area (Å²) in [5.41, 5.74) is 4.23. The Hall–Kier alpha value is -2.94. The van der Waals surface area contributed by atoms with Gasteiger partial charge in [-0.3, -0.25) is 20.4 Å². The van der Waals surface area contributed by atoms with Crippen LogP contribution in [0.3, 0.4) is 0 Å². The summed E-state index contributed by atoms with van der Waals surface area (Å²) >= 11 is 0. The summed E-state index contributed by atoms with van der Waals surface area (Å²) in [5.74, 6) is -2.51. The van der Waals surface area contributed by atoms with E-state index in [0.717, 1.165) is 0 Å². The van der Waals surface area contributed by atoms with E-state index in [9.17, 15) is 22.4 Å². The highest BCUT2D eigenvalue weighted by atomic mass is 32.2. The first kappa shape index (κ1) is 20.4. The van der Waals surface area contributed by atoms with Gasteiger partial charge in [-0.2, -0.15) is 0 Å². The predicted molar refractivity (Wildman–Crippen MR) is 95.9 cm³/mol. The van der Waals surface area contributed by atoms with Gasteiger partial charge in [-0.1, -0.05) is 30.3 Å². The molecule has 0 fully saturated rings. The molecule has 0 heterocycles. The van der Waals surface area contributed by atoms with Crippen LogP contribution in [0.15, 0.2) is 59.5 Å². The maximum atomic E-state index is 13.5. The van der Waals surface area contributed by atoms with Crippen LogP contribution in [0.1, 0.15) is 13.3 Å². The van der Waals surface area contributed by atoms with Crippen molar-refractivity contribution in [3.05, 3.63) is 60.4 Å². The summed E-state index contributed by atoms with van der Waals surface area (Å²) < 4.78 is 42.9. The van der Waals surface area contributed by atoms with Crippen molar-refractivity contribution < 1.29 is 27.1 Å². The van der Waals surface area contributed by atoms with Gasteiger partial charge >= 0.3 is 0 Å². The molecule has 9 heteroatoms. The monoisotopic (exact) mass is 394 g/mol. The first-order valence-corrected chi connectivity index (χ1v) is 9.72. The molecule has 0 radical (unpaired) electrons. The molecule has 0 aliphatic rings. The third-order valence-corrected chi connectivity index (χ3v) is 5.27. The Morgan fingerprint density at radius 3 is 2.33 bits per heavy atom. The number of carbonyl (C=O) groups excluding carboxylic acids is 2. The van der Waals surface area contributed by atoms with Crippen molar-refractivity contribution in [1.82, 2.24) is 10.9 Å². The molecule has 2 amide bonds. The molecule has 7 nitrogen and oxygen atoms in total. The highest BCUT2D eigenvalue weighted by Crippen LogP contribution is 2.17. The predicted octanol–water partition coefficient (Wildman–Crippen LogP) is 1.60. The van der Waals surface area contributed by atoms with E-state index in [1.54, 1.807) is 24.3 Å². The zero-order valence-corrected chi connectivity index (χ0v) is 15.3. The van der Waals surface area contributed by atoms with Crippen molar-refractivity contribution in [3.8, 4) is 5.75 Å². The molecule has 2 aromatic rings. The topological polar surface area (TPSA) is 102 Å². The molecule has 0 aromatic heterocycles. The van der Waals surface area contributed by atoms with Gasteiger partial charge in [0.1, 0.15) is 0 Å². The van der Waals surface area contributed by atoms with Gasteiger partial charge in [-0.15, -0.1) is 0 Å². The van der Waals surface area contributed by atoms with Crippen LogP contribution in [0, 0.1) is 5.82 Å². The number of nitrogens with one attached hydrogen (secondary N) is 2. The number of carbonyl (C=O) groups is 2. The van der Waals surface area contributed by atoms with Gasteiger partial charge in [0, 0.05) is 6.42 Å². The molecule has 144 valence electrons. The van der Waals surface area contributed by atoms with Crippen molar-refractivity contribution in [3.63, 3.8) is 0 Å². The fraction of sp³-hybridized carbons (Fsp3) is 0.222. The Labute approximate surface area is 156 Å². The molecule has 0 spiro atoms. The van der Waals surface area contributed by atoms with Crippen LogP contribution in [0.4, 0.5) is 4.39 Å². The summed E-state index contributed by atoms with van der Waals surface area (Å²) in [5, 5.41) is 0. The standard InChI is InChI=1S/C18H19FN2O5S/c1-13(26-16-10-6-5-9-15(16)19)18(23)21-20-17(22)11-12-27(24,25)14-7-3-2-4-8-14/h2-10,13H,11-12H2,1H3,(H,20,22)(H,21,23)/t13-/m1/s1. The number of benzene rings is 2. The Morgan fingerprint density at radius 1 is 1.04 bits per heavy atom. The second-order valence-electron chi connectivity index (χ2n) is 5.61. The highest BCUT2D eigenvalue weighted by molar-refractivity contribution is 7.91. The Morgan fingerprint density at radius 2 is 1.67 bits per heavy atom. The third kappa shape index (κ3) is 6.07. The molecule has 0 unspecified atom stereocenters. The molecule has 0 aliphatic carbocycles. The number of para-hydroxylation sites is 1. The second-order valence-corrected chi connectivity index (χ2v) is 7.72. The lowest BCUT2D eigenvalue weighted by molar-refractivity contribution is -0.132. The quantitative estimate of drug-likeness (QED) is 0.695. The van der Waals surface area contributed by atoms with E-state index in [1.807, 2.05) is 0 Å². The number of hydrazine groups is 1. The van der Waals surface area contributed by atoms with Crippen LogP contribution in [0.25, 0.3) is 0 Å². The first-order chi connectivity index (χ1) is 12.8. The average Bonchev–Trinajstić information content (AvgIpc) is 2.67. The minimum Gasteiger partial charge on any atom is -0.478 e. The van der Waals surface area contributed by atoms with Gasteiger partial charge in [0.2, 0.25) is 5.91 Å². The zero-order chi connectivity index (χ0) is 19.9. The van der Waals surface area contributed by atoms with E-state index < -0.39 is 39.3 Å². The maximum absolute atomic E-state index is 13.5. The first-order valence-electron chi connectivity index (χ1n) is 8.07. The summed E-state index contributed by atoms with van der Waals surface area (Å²) in [6.45, 7) is 1.38. The Bertz CT molecular complexity index is 903. The molecule has 1 atom stereocenters. The normalized spacial score (nSPS) is 12.1. The van der Waals surface area contributed by atoms with Crippen LogP contribution in [0.2, 0.25) is 0 Å². The molecule has 2 N–H and O–H groups in total. The average molecular weight is 394 g/mol. The molecule has 0 saturated heterocycles. The number of hydrogen-bond acceptors (Lipinski definition) is 5. The number of hydrogen-bond donors (Lipinski definition) is 2. The number of amides is 2. The lowest BCUT2D eigenvalue weighted by Gasteiger charge is -2.15. The lowest BCUT2D eigenvalue weighted by atomic mass is 10.3. The summed E-state index contributed by atoms with van der Waals surface area (Å²) in [4.78, 5) is 23.8. The SMILES string of the molecule is C[C@@H](Oc1ccccc1F)C(=O)NNC(=O)CCS(=O)(=O)c1ccccc1. The van der Waals surface area contributed by atoms with Gasteiger partial charge in [-0.05, 0) is 31.2 Å². The van der Waals surface area contributed by atoms with E-state index in [-0.39, 0.29) is 17.1 Å². The molecule has 0 saturated carbocycles. The molecule has 0 aliphatic heterocycles. The summed E-state index contributed by atoms with van der Waals surface area (Å²) in [7, 11) is -3.60. The summed E-state index contributed by atoms with van der Waals surface area (Å²) in [6.07, 6.45) is -1.41. The van der Waals surface area contributed by atoms with Crippen LogP contribution in [-0.2, 0) is 19.4 Å². The highest BCUT2D eigenvalue weighted by Gasteiger charge is 2.19. The maximum Gasteiger partial charge on any atom is 0.279 e. The Balaban J connectivity index is 1.79. The van der Waals surface area contributed by atoms with Crippen LogP contribution in [-0.4, -0.2) is 32.1 Å². The van der Waals surface area contributed by atoms with Crippen molar-refractivity contribution in [1.29, 1.82) is 0 Å². The molecular weight excluding hydrogens is 375 g/mol. The van der Waals surface area contributed by atoms with Crippen molar-refractivity contribution in [2.24, 2.45) is 0 Å². The number of sulfone groups is 1. The van der Waals surface area contributed by atoms with Gasteiger partial charge in [0.15, 0.2) is 27.5 Å². The van der Waals surface area contributed by atoms with Gasteiger partial charge in [-0.25, -0.2) is 12.8 Å². The van der Waals surface area contributed by atoms with E-state index in [0.29, 0.717) is 0 Å². The van der Waals surface area contributed by atoms with Crippen molar-refractivity contribution >= 4 is 21.7 Å². The fourth-order valence-electron chi connectivity index (χ4n) is 2.05. The van der Waals surface area contributed by atoms with Crippen LogP contribution < -0.4 is 15.6 Å². The van der Waals surface area contributed by atoms with Gasteiger partial charge in [0.25, 0.3) is 5.91 Å².